The zero-order valence-electron chi connectivity index (χ0n) is 22.1. The average Bonchev–Trinajstić information content (AvgIpc) is 2.86. The summed E-state index contributed by atoms with van der Waals surface area (Å²) in [5, 5.41) is 2.94. The molecule has 0 aromatic heterocycles. The maximum atomic E-state index is 13.8. The quantitative estimate of drug-likeness (QED) is 0.350. The van der Waals surface area contributed by atoms with Crippen LogP contribution in [-0.4, -0.2) is 55.1 Å². The van der Waals surface area contributed by atoms with Gasteiger partial charge in [0.05, 0.1) is 11.4 Å². The van der Waals surface area contributed by atoms with Crippen LogP contribution in [0.2, 0.25) is 0 Å². The Morgan fingerprint density at radius 2 is 1.55 bits per heavy atom. The second-order valence-electron chi connectivity index (χ2n) is 9.59. The first-order chi connectivity index (χ1) is 18.0. The number of likely N-dealkylation sites (N-methyl/N-ethyl adjacent to an activating group) is 1. The smallest absolute Gasteiger partial charge is 0.243 e. The molecular weight excluding hydrogens is 566 g/mol. The summed E-state index contributed by atoms with van der Waals surface area (Å²) in [5.41, 5.74) is 2.64. The highest BCUT2D eigenvalue weighted by Gasteiger charge is 2.33. The summed E-state index contributed by atoms with van der Waals surface area (Å²) in [6.07, 6.45) is 0.285. The van der Waals surface area contributed by atoms with E-state index in [9.17, 15) is 18.0 Å². The van der Waals surface area contributed by atoms with Crippen molar-refractivity contribution in [3.8, 4) is 0 Å². The van der Waals surface area contributed by atoms with E-state index in [4.69, 9.17) is 0 Å². The topological polar surface area (TPSA) is 86.8 Å². The lowest BCUT2D eigenvalue weighted by atomic mass is 10.0. The number of benzene rings is 3. The summed E-state index contributed by atoms with van der Waals surface area (Å²) in [5.74, 6) is -0.765. The number of carbonyl (C=O) groups is 2. The van der Waals surface area contributed by atoms with Gasteiger partial charge in [-0.05, 0) is 56.2 Å². The zero-order chi connectivity index (χ0) is 27.9. The molecule has 3 rings (SSSR count). The first kappa shape index (κ1) is 29.5. The van der Waals surface area contributed by atoms with Crippen molar-refractivity contribution >= 4 is 37.8 Å². The minimum absolute atomic E-state index is 0.107. The molecule has 0 bridgehead atoms. The van der Waals surface area contributed by atoms with E-state index >= 15 is 0 Å². The minimum atomic E-state index is -3.91. The molecule has 1 atom stereocenters. The molecule has 0 saturated heterocycles. The molecule has 1 unspecified atom stereocenters. The minimum Gasteiger partial charge on any atom is -0.352 e. The first-order valence-corrected chi connectivity index (χ1v) is 14.6. The number of amides is 2. The van der Waals surface area contributed by atoms with Crippen LogP contribution in [0.4, 0.5) is 0 Å². The van der Waals surface area contributed by atoms with Gasteiger partial charge in [-0.25, -0.2) is 8.42 Å². The van der Waals surface area contributed by atoms with Gasteiger partial charge in [-0.1, -0.05) is 76.1 Å². The first-order valence-electron chi connectivity index (χ1n) is 12.4. The van der Waals surface area contributed by atoms with Gasteiger partial charge in [-0.15, -0.1) is 0 Å². The number of hydrogen-bond donors (Lipinski definition) is 1. The van der Waals surface area contributed by atoms with Crippen molar-refractivity contribution in [3.63, 3.8) is 0 Å². The van der Waals surface area contributed by atoms with Gasteiger partial charge in [-0.3, -0.25) is 9.59 Å². The molecule has 0 aliphatic carbocycles. The van der Waals surface area contributed by atoms with Gasteiger partial charge in [0.15, 0.2) is 0 Å². The average molecular weight is 601 g/mol. The molecule has 9 heteroatoms. The molecule has 0 heterocycles. The number of rotatable bonds is 11. The highest BCUT2D eigenvalue weighted by molar-refractivity contribution is 9.10. The molecule has 1 N–H and O–H groups in total. The molecular formula is C29H34BrN3O4S. The maximum absolute atomic E-state index is 13.8. The van der Waals surface area contributed by atoms with Crippen LogP contribution in [0, 0.1) is 6.92 Å². The van der Waals surface area contributed by atoms with E-state index in [1.54, 1.807) is 12.1 Å². The van der Waals surface area contributed by atoms with Gasteiger partial charge >= 0.3 is 0 Å². The standard InChI is InChI=1S/C29H34BrN3O4S/c1-21(2)31-29(35)27(18-23-9-6-5-7-10-23)33(19-24-11-8-12-25(30)17-24)28(34)20-32(4)38(36,37)26-15-13-22(3)14-16-26/h5-17,21,27H,18-20H2,1-4H3,(H,31,35). The summed E-state index contributed by atoms with van der Waals surface area (Å²) in [7, 11) is -2.53. The zero-order valence-corrected chi connectivity index (χ0v) is 24.5. The van der Waals surface area contributed by atoms with E-state index in [0.717, 1.165) is 25.5 Å². The van der Waals surface area contributed by atoms with Crippen LogP contribution in [0.5, 0.6) is 0 Å². The van der Waals surface area contributed by atoms with Crippen molar-refractivity contribution in [2.45, 2.75) is 50.7 Å². The van der Waals surface area contributed by atoms with Crippen molar-refractivity contribution in [1.82, 2.24) is 14.5 Å². The SMILES string of the molecule is Cc1ccc(S(=O)(=O)N(C)CC(=O)N(Cc2cccc(Br)c2)C(Cc2ccccc2)C(=O)NC(C)C)cc1. The molecule has 0 saturated carbocycles. The van der Waals surface area contributed by atoms with Crippen LogP contribution in [0.15, 0.2) is 88.2 Å². The van der Waals surface area contributed by atoms with Crippen molar-refractivity contribution in [2.75, 3.05) is 13.6 Å². The predicted octanol–water partition coefficient (Wildman–Crippen LogP) is 4.54. The molecule has 202 valence electrons. The highest BCUT2D eigenvalue weighted by Crippen LogP contribution is 2.20. The lowest BCUT2D eigenvalue weighted by Crippen LogP contribution is -2.53. The van der Waals surface area contributed by atoms with Crippen LogP contribution >= 0.6 is 15.9 Å². The summed E-state index contributed by atoms with van der Waals surface area (Å²) in [4.78, 5) is 28.9. The fourth-order valence-electron chi connectivity index (χ4n) is 4.02. The molecule has 3 aromatic carbocycles. The van der Waals surface area contributed by atoms with Crippen LogP contribution in [0.1, 0.15) is 30.5 Å². The normalized spacial score (nSPS) is 12.4. The van der Waals surface area contributed by atoms with Gasteiger partial charge in [0.1, 0.15) is 6.04 Å². The van der Waals surface area contributed by atoms with E-state index in [1.165, 1.54) is 24.1 Å². The van der Waals surface area contributed by atoms with E-state index in [0.29, 0.717) is 0 Å². The third-order valence-corrected chi connectivity index (χ3v) is 8.34. The molecule has 0 aliphatic heterocycles. The third kappa shape index (κ3) is 7.99. The molecule has 0 aliphatic rings. The Labute approximate surface area is 234 Å². The molecule has 3 aromatic rings. The van der Waals surface area contributed by atoms with Crippen LogP contribution in [0.3, 0.4) is 0 Å². The van der Waals surface area contributed by atoms with Gasteiger partial charge in [0, 0.05) is 30.5 Å². The predicted molar refractivity (Wildman–Crippen MR) is 153 cm³/mol. The Bertz CT molecular complexity index is 1350. The Kier molecular flexibility index (Phi) is 10.2. The van der Waals surface area contributed by atoms with Crippen molar-refractivity contribution in [1.29, 1.82) is 0 Å². The summed E-state index contributed by atoms with van der Waals surface area (Å²) >= 11 is 3.47. The van der Waals surface area contributed by atoms with E-state index in [1.807, 2.05) is 75.4 Å². The number of hydrogen-bond acceptors (Lipinski definition) is 4. The van der Waals surface area contributed by atoms with Gasteiger partial charge < -0.3 is 10.2 Å². The van der Waals surface area contributed by atoms with E-state index in [-0.39, 0.29) is 29.8 Å². The Morgan fingerprint density at radius 3 is 2.16 bits per heavy atom. The molecule has 0 radical (unpaired) electrons. The lowest BCUT2D eigenvalue weighted by molar-refractivity contribution is -0.141. The molecule has 38 heavy (non-hydrogen) atoms. The van der Waals surface area contributed by atoms with Gasteiger partial charge in [-0.2, -0.15) is 4.31 Å². The number of aryl methyl sites for hydroxylation is 1. The molecule has 0 spiro atoms. The number of halogens is 1. The van der Waals surface area contributed by atoms with Crippen molar-refractivity contribution < 1.29 is 18.0 Å². The fraction of sp³-hybridized carbons (Fsp3) is 0.310. The van der Waals surface area contributed by atoms with E-state index in [2.05, 4.69) is 21.2 Å². The van der Waals surface area contributed by atoms with Gasteiger partial charge in [0.2, 0.25) is 21.8 Å². The summed E-state index contributed by atoms with van der Waals surface area (Å²) in [6.45, 7) is 5.32. The molecule has 7 nitrogen and oxygen atoms in total. The van der Waals surface area contributed by atoms with Crippen LogP contribution in [-0.2, 0) is 32.6 Å². The Balaban J connectivity index is 1.97. The lowest BCUT2D eigenvalue weighted by Gasteiger charge is -2.33. The second kappa shape index (κ2) is 13.2. The number of nitrogens with zero attached hydrogens (tertiary/aromatic N) is 2. The monoisotopic (exact) mass is 599 g/mol. The number of carbonyl (C=O) groups excluding carboxylic acids is 2. The third-order valence-electron chi connectivity index (χ3n) is 6.03. The largest absolute Gasteiger partial charge is 0.352 e. The van der Waals surface area contributed by atoms with Crippen LogP contribution < -0.4 is 5.32 Å². The summed E-state index contributed by atoms with van der Waals surface area (Å²) < 4.78 is 28.3. The van der Waals surface area contributed by atoms with Crippen molar-refractivity contribution in [2.24, 2.45) is 0 Å². The molecule has 0 fully saturated rings. The van der Waals surface area contributed by atoms with Crippen molar-refractivity contribution in [3.05, 3.63) is 100 Å². The Morgan fingerprint density at radius 1 is 0.921 bits per heavy atom. The highest BCUT2D eigenvalue weighted by atomic mass is 79.9. The Hall–Kier alpha value is -3.01. The van der Waals surface area contributed by atoms with Crippen LogP contribution in [0.25, 0.3) is 0 Å². The molecule has 2 amide bonds. The second-order valence-corrected chi connectivity index (χ2v) is 12.6. The van der Waals surface area contributed by atoms with Gasteiger partial charge in [0.25, 0.3) is 0 Å². The number of sulfonamides is 1. The maximum Gasteiger partial charge on any atom is 0.243 e. The summed E-state index contributed by atoms with van der Waals surface area (Å²) in [6, 6.07) is 22.5. The van der Waals surface area contributed by atoms with E-state index < -0.39 is 28.5 Å². The fourth-order valence-corrected chi connectivity index (χ4v) is 5.59. The number of nitrogens with one attached hydrogen (secondary N) is 1.